The Bertz CT molecular complexity index is 2920. The molecule has 1 aromatic heterocycles. The number of aromatic nitrogens is 2. The molecular formula is C50H26Al2F30N2. The summed E-state index contributed by atoms with van der Waals surface area (Å²) in [6.07, 6.45) is 17.4. The fourth-order valence-electron chi connectivity index (χ4n) is 8.16. The van der Waals surface area contributed by atoms with Gasteiger partial charge in [-0.25, -0.2) is 137 Å². The monoisotopic (exact) mass is 1280 g/mol. The van der Waals surface area contributed by atoms with E-state index in [1.54, 1.807) is 0 Å². The van der Waals surface area contributed by atoms with E-state index in [-0.39, 0.29) is 0 Å². The van der Waals surface area contributed by atoms with Crippen molar-refractivity contribution >= 4 is 54.8 Å². The Morgan fingerprint density at radius 1 is 0.250 bits per heavy atom. The van der Waals surface area contributed by atoms with Gasteiger partial charge in [0.2, 0.25) is 0 Å². The molecule has 2 nitrogen and oxygen atoms in total. The summed E-state index contributed by atoms with van der Waals surface area (Å²) in [5.41, 5.74) is 0. The summed E-state index contributed by atoms with van der Waals surface area (Å²) in [5.74, 6) is -88.0. The molecule has 1 heterocycles. The number of unbranched alkanes of at least 4 members (excludes halogenated alkanes) is 8. The van der Waals surface area contributed by atoms with Gasteiger partial charge in [-0.3, -0.25) is 0 Å². The van der Waals surface area contributed by atoms with Crippen molar-refractivity contribution in [3.8, 4) is 0 Å². The van der Waals surface area contributed by atoms with Crippen molar-refractivity contribution in [2.45, 2.75) is 71.1 Å². The van der Waals surface area contributed by atoms with Gasteiger partial charge in [0.25, 0.3) is 0 Å². The molecule has 0 aliphatic carbocycles. The quantitative estimate of drug-likeness (QED) is 0.0337. The second kappa shape index (κ2) is 28.1. The zero-order valence-corrected chi connectivity index (χ0v) is 43.5. The van der Waals surface area contributed by atoms with Gasteiger partial charge < -0.3 is 4.98 Å². The SMILES string of the molecule is CCCCCCCCCCCc1ncc[nH]1.Fc1c(F)c(F)[c]([Al]([c]2c(F)c(F)c(F)c(F)c2F)[c]2c(F)c(F)c(F)c(F)c2F)c(F)c1F.Fc1c(F)c(F)[c]([Al]([c]2c(F)c(F)c(F)c(F)c2F)[c]2c(F)c(F)c(F)c(F)c2F)c(F)c1F. The predicted molar refractivity (Wildman–Crippen MR) is 236 cm³/mol. The van der Waals surface area contributed by atoms with Gasteiger partial charge in [-0.15, -0.1) is 0 Å². The van der Waals surface area contributed by atoms with Crippen molar-refractivity contribution < 1.29 is 132 Å². The Morgan fingerprint density at radius 3 is 0.583 bits per heavy atom. The van der Waals surface area contributed by atoms with Crippen LogP contribution in [0.4, 0.5) is 132 Å². The smallest absolute Gasteiger partial charge is 0.349 e. The molecule has 7 rings (SSSR count). The summed E-state index contributed by atoms with van der Waals surface area (Å²) in [4.78, 5) is 7.38. The van der Waals surface area contributed by atoms with Crippen LogP contribution in [0.1, 0.15) is 70.5 Å². The number of imidazole rings is 1. The molecule has 0 aliphatic heterocycles. The number of H-pyrrole nitrogens is 1. The molecule has 0 unspecified atom stereocenters. The van der Waals surface area contributed by atoms with E-state index in [1.165, 1.54) is 57.8 Å². The molecule has 452 valence electrons. The minimum atomic E-state index is -5.96. The van der Waals surface area contributed by atoms with Gasteiger partial charge in [0, 0.05) is 18.8 Å². The zero-order chi connectivity index (χ0) is 63.4. The number of hydrogen-bond acceptors (Lipinski definition) is 1. The summed E-state index contributed by atoms with van der Waals surface area (Å²) in [5, 5.41) is 0. The van der Waals surface area contributed by atoms with E-state index in [0.717, 1.165) is 12.2 Å². The van der Waals surface area contributed by atoms with Crippen molar-refractivity contribution in [2.75, 3.05) is 0 Å². The van der Waals surface area contributed by atoms with E-state index >= 15 is 0 Å². The first-order valence-electron chi connectivity index (χ1n) is 23.3. The Morgan fingerprint density at radius 2 is 0.417 bits per heavy atom. The molecular weight excluding hydrogens is 1250 g/mol. The molecule has 0 spiro atoms. The number of hydrogen-bond donors (Lipinski definition) is 1. The molecule has 1 N–H and O–H groups in total. The van der Waals surface area contributed by atoms with Crippen LogP contribution in [0.15, 0.2) is 12.4 Å². The number of aromatic amines is 1. The van der Waals surface area contributed by atoms with Crippen LogP contribution in [0.2, 0.25) is 0 Å². The minimum Gasteiger partial charge on any atom is -0.349 e. The van der Waals surface area contributed by atoms with Gasteiger partial charge in [0.15, 0.2) is 175 Å². The van der Waals surface area contributed by atoms with Crippen LogP contribution < -0.4 is 26.6 Å². The summed E-state index contributed by atoms with van der Waals surface area (Å²) < 4.78 is 403. The second-order valence-electron chi connectivity index (χ2n) is 17.4. The van der Waals surface area contributed by atoms with Crippen LogP contribution in [0, 0.1) is 175 Å². The number of aryl methyl sites for hydroxylation is 1. The molecule has 7 aromatic rings. The maximum Gasteiger partial charge on any atom is 0.413 e. The molecule has 0 radical (unpaired) electrons. The maximum absolute atomic E-state index is 14.4. The van der Waals surface area contributed by atoms with E-state index in [2.05, 4.69) is 16.9 Å². The third kappa shape index (κ3) is 13.0. The predicted octanol–water partition coefficient (Wildman–Crippen LogP) is 13.1. The van der Waals surface area contributed by atoms with Crippen LogP contribution in [-0.2, 0) is 6.42 Å². The standard InChI is InChI=1S/C14H26N2.6C6F5.2Al/c1-2-3-4-5-6-7-8-9-10-11-14-15-12-13-16-14;6*7-2-1-3(8)5(10)6(11)4(2)9;;/h12-13H,2-11H2,1H3,(H,15,16);;;;;;;;. The lowest BCUT2D eigenvalue weighted by atomic mass is 10.1. The van der Waals surface area contributed by atoms with E-state index in [9.17, 15) is 132 Å². The van der Waals surface area contributed by atoms with Gasteiger partial charge in [-0.1, -0.05) is 58.3 Å². The summed E-state index contributed by atoms with van der Waals surface area (Å²) in [6.45, 7) is 2.27. The highest BCUT2D eigenvalue weighted by atomic mass is 27.2. The van der Waals surface area contributed by atoms with Crippen LogP contribution in [-0.4, -0.2) is 38.3 Å². The highest BCUT2D eigenvalue weighted by molar-refractivity contribution is 6.96. The lowest BCUT2D eigenvalue weighted by Crippen LogP contribution is -2.60. The molecule has 0 saturated carbocycles. The summed E-state index contributed by atoms with van der Waals surface area (Å²) in [6, 6.07) is 0. The fraction of sp³-hybridized carbons (Fsp3) is 0.220. The van der Waals surface area contributed by atoms with Crippen LogP contribution in [0.5, 0.6) is 0 Å². The van der Waals surface area contributed by atoms with Gasteiger partial charge in [0.05, 0.1) is 0 Å². The number of nitrogens with zero attached hydrogens (tertiary/aromatic N) is 1. The molecule has 34 heteroatoms. The van der Waals surface area contributed by atoms with E-state index < -0.39 is 229 Å². The molecule has 0 fully saturated rings. The maximum atomic E-state index is 14.4. The van der Waals surface area contributed by atoms with Crippen molar-refractivity contribution in [3.05, 3.63) is 193 Å². The van der Waals surface area contributed by atoms with E-state index in [0.29, 0.717) is 0 Å². The highest BCUT2D eigenvalue weighted by Gasteiger charge is 2.49. The van der Waals surface area contributed by atoms with Crippen LogP contribution in [0.3, 0.4) is 0 Å². The molecule has 0 atom stereocenters. The van der Waals surface area contributed by atoms with Gasteiger partial charge in [-0.05, 0) is 33.0 Å². The van der Waals surface area contributed by atoms with E-state index in [4.69, 9.17) is 0 Å². The Kier molecular flexibility index (Phi) is 22.9. The minimum absolute atomic E-state index is 1.11. The first kappa shape index (κ1) is 68.3. The second-order valence-corrected chi connectivity index (χ2v) is 22.6. The highest BCUT2D eigenvalue weighted by Crippen LogP contribution is 2.27. The average Bonchev–Trinajstić information content (AvgIpc) is 2.35. The van der Waals surface area contributed by atoms with Crippen LogP contribution >= 0.6 is 0 Å². The number of halogens is 30. The van der Waals surface area contributed by atoms with Crippen molar-refractivity contribution in [1.29, 1.82) is 0 Å². The Hall–Kier alpha value is -6.51. The number of rotatable bonds is 16. The summed E-state index contributed by atoms with van der Waals surface area (Å²) >= 11 is -11.9. The first-order chi connectivity index (χ1) is 39.3. The Balaban J connectivity index is 0.000000246. The lowest BCUT2D eigenvalue weighted by molar-refractivity contribution is 0.380. The average molecular weight is 1280 g/mol. The molecule has 0 amide bonds. The normalized spacial score (nSPS) is 11.3. The van der Waals surface area contributed by atoms with Gasteiger partial charge in [-0.2, -0.15) is 0 Å². The summed E-state index contributed by atoms with van der Waals surface area (Å²) in [7, 11) is 0. The largest absolute Gasteiger partial charge is 0.413 e. The first-order valence-corrected chi connectivity index (χ1v) is 26.8. The molecule has 0 saturated heterocycles. The fourth-order valence-corrected chi connectivity index (χ4v) is 14.4. The van der Waals surface area contributed by atoms with Crippen molar-refractivity contribution in [3.63, 3.8) is 0 Å². The Labute approximate surface area is 459 Å². The zero-order valence-electron chi connectivity index (χ0n) is 41.2. The molecule has 6 aromatic carbocycles. The third-order valence-electron chi connectivity index (χ3n) is 12.3. The topological polar surface area (TPSA) is 28.7 Å². The van der Waals surface area contributed by atoms with E-state index in [1.807, 2.05) is 12.4 Å². The van der Waals surface area contributed by atoms with Crippen LogP contribution in [0.25, 0.3) is 0 Å². The molecule has 0 aliphatic rings. The number of nitrogens with one attached hydrogen (secondary N) is 1. The molecule has 84 heavy (non-hydrogen) atoms. The number of benzene rings is 6. The third-order valence-corrected chi connectivity index (χ3v) is 18.8. The van der Waals surface area contributed by atoms with Gasteiger partial charge in [0.1, 0.15) is 5.82 Å². The van der Waals surface area contributed by atoms with Crippen molar-refractivity contribution in [1.82, 2.24) is 9.97 Å². The van der Waals surface area contributed by atoms with Gasteiger partial charge >= 0.3 is 28.3 Å². The van der Waals surface area contributed by atoms with Crippen molar-refractivity contribution in [2.24, 2.45) is 0 Å². The lowest BCUT2D eigenvalue weighted by Gasteiger charge is -2.20. The molecule has 0 bridgehead atoms.